The van der Waals surface area contributed by atoms with Crippen molar-refractivity contribution in [1.29, 1.82) is 0 Å². The molecule has 35 heavy (non-hydrogen) atoms. The third-order valence-corrected chi connectivity index (χ3v) is 9.30. The molecule has 8 heteroatoms. The molecule has 3 aliphatic rings. The van der Waals surface area contributed by atoms with Gasteiger partial charge >= 0.3 is 5.97 Å². The van der Waals surface area contributed by atoms with E-state index in [0.717, 1.165) is 56.2 Å². The van der Waals surface area contributed by atoms with Gasteiger partial charge in [-0.05, 0) is 50.5 Å². The van der Waals surface area contributed by atoms with Gasteiger partial charge in [0, 0.05) is 24.8 Å². The van der Waals surface area contributed by atoms with Crippen LogP contribution in [0.2, 0.25) is 19.6 Å². The average Bonchev–Trinajstić information content (AvgIpc) is 3.46. The van der Waals surface area contributed by atoms with E-state index >= 15 is 0 Å². The summed E-state index contributed by atoms with van der Waals surface area (Å²) in [6, 6.07) is 1.94. The lowest BCUT2D eigenvalue weighted by atomic mass is 9.81. The number of hydrogen-bond donors (Lipinski definition) is 0. The number of methoxy groups -OCH3 is 1. The van der Waals surface area contributed by atoms with Crippen molar-refractivity contribution in [2.24, 2.45) is 11.8 Å². The van der Waals surface area contributed by atoms with Crippen molar-refractivity contribution >= 4 is 37.0 Å². The van der Waals surface area contributed by atoms with Crippen LogP contribution in [0.3, 0.4) is 0 Å². The number of carbonyl (C=O) groups is 2. The van der Waals surface area contributed by atoms with Gasteiger partial charge in [-0.2, -0.15) is 0 Å². The van der Waals surface area contributed by atoms with Gasteiger partial charge in [-0.3, -0.25) is 4.79 Å². The fourth-order valence-corrected chi connectivity index (χ4v) is 6.92. The topological polar surface area (TPSA) is 65.1 Å². The molecule has 3 fully saturated rings. The lowest BCUT2D eigenvalue weighted by Gasteiger charge is -2.42. The summed E-state index contributed by atoms with van der Waals surface area (Å²) in [6.45, 7) is 10.1. The van der Waals surface area contributed by atoms with Crippen LogP contribution in [0, 0.1) is 23.3 Å². The smallest absolute Gasteiger partial charge is 0.350 e. The van der Waals surface area contributed by atoms with Gasteiger partial charge in [-0.1, -0.05) is 32.5 Å². The van der Waals surface area contributed by atoms with Crippen LogP contribution < -0.4 is 4.90 Å². The molecular formula is C27H39NO5SSi. The highest BCUT2D eigenvalue weighted by molar-refractivity contribution is 7.15. The quantitative estimate of drug-likeness (QED) is 0.295. The van der Waals surface area contributed by atoms with E-state index in [-0.39, 0.29) is 17.9 Å². The summed E-state index contributed by atoms with van der Waals surface area (Å²) in [5, 5.41) is 0. The molecule has 0 radical (unpaired) electrons. The molecule has 1 amide bonds. The van der Waals surface area contributed by atoms with E-state index in [2.05, 4.69) is 38.0 Å². The van der Waals surface area contributed by atoms with Gasteiger partial charge in [-0.25, -0.2) is 4.79 Å². The first-order valence-electron chi connectivity index (χ1n) is 13.0. The first-order chi connectivity index (χ1) is 16.6. The molecule has 1 aromatic rings. The Balaban J connectivity index is 1.69. The maximum atomic E-state index is 14.1. The van der Waals surface area contributed by atoms with E-state index < -0.39 is 19.8 Å². The molecule has 0 unspecified atom stereocenters. The number of ether oxygens (including phenoxy) is 3. The summed E-state index contributed by atoms with van der Waals surface area (Å²) in [5.41, 5.74) is 4.06. The van der Waals surface area contributed by atoms with Crippen LogP contribution in [-0.2, 0) is 19.0 Å². The van der Waals surface area contributed by atoms with E-state index in [1.54, 1.807) is 0 Å². The van der Waals surface area contributed by atoms with E-state index in [1.165, 1.54) is 18.4 Å². The Hall–Kier alpha value is -1.66. The number of rotatable bonds is 4. The number of amides is 1. The zero-order chi connectivity index (χ0) is 25.2. The molecule has 2 heterocycles. The molecule has 2 saturated carbocycles. The highest BCUT2D eigenvalue weighted by Crippen LogP contribution is 2.42. The average molecular weight is 518 g/mol. The number of carbonyl (C=O) groups excluding carboxylic acids is 2. The van der Waals surface area contributed by atoms with E-state index in [0.29, 0.717) is 29.7 Å². The van der Waals surface area contributed by atoms with Crippen molar-refractivity contribution in [3.8, 4) is 11.5 Å². The molecule has 1 aliphatic heterocycles. The summed E-state index contributed by atoms with van der Waals surface area (Å²) in [7, 11) is -0.200. The minimum Gasteiger partial charge on any atom is -0.465 e. The lowest BCUT2D eigenvalue weighted by molar-refractivity contribution is -0.179. The minimum atomic E-state index is -1.60. The Morgan fingerprint density at radius 1 is 1.09 bits per heavy atom. The number of thiophene rings is 1. The second-order valence-corrected chi connectivity index (χ2v) is 17.1. The van der Waals surface area contributed by atoms with Crippen molar-refractivity contribution < 1.29 is 23.8 Å². The molecule has 0 aromatic carbocycles. The second-order valence-electron chi connectivity index (χ2n) is 11.3. The van der Waals surface area contributed by atoms with Crippen molar-refractivity contribution in [2.75, 3.05) is 25.2 Å². The molecule has 1 spiro atoms. The summed E-state index contributed by atoms with van der Waals surface area (Å²) in [5.74, 6) is 3.17. The van der Waals surface area contributed by atoms with Crippen LogP contribution in [0.15, 0.2) is 6.07 Å². The summed E-state index contributed by atoms with van der Waals surface area (Å²) in [4.78, 5) is 30.2. The lowest BCUT2D eigenvalue weighted by Crippen LogP contribution is -2.49. The molecule has 4 rings (SSSR count). The van der Waals surface area contributed by atoms with Crippen molar-refractivity contribution in [3.63, 3.8) is 0 Å². The monoisotopic (exact) mass is 517 g/mol. The molecular weight excluding hydrogens is 478 g/mol. The number of esters is 1. The van der Waals surface area contributed by atoms with E-state index in [9.17, 15) is 9.59 Å². The zero-order valence-corrected chi connectivity index (χ0v) is 23.6. The van der Waals surface area contributed by atoms with Crippen LogP contribution in [0.5, 0.6) is 0 Å². The third kappa shape index (κ3) is 6.19. The van der Waals surface area contributed by atoms with Gasteiger partial charge in [0.2, 0.25) is 5.91 Å². The summed E-state index contributed by atoms with van der Waals surface area (Å²) < 4.78 is 17.0. The third-order valence-electron chi connectivity index (χ3n) is 7.40. The Morgan fingerprint density at radius 2 is 1.71 bits per heavy atom. The molecule has 1 saturated heterocycles. The minimum absolute atomic E-state index is 0.00363. The van der Waals surface area contributed by atoms with Gasteiger partial charge in [-0.15, -0.1) is 16.9 Å². The molecule has 192 valence electrons. The maximum Gasteiger partial charge on any atom is 0.350 e. The fraction of sp³-hybridized carbons (Fsp3) is 0.704. The van der Waals surface area contributed by atoms with Gasteiger partial charge in [0.1, 0.15) is 13.0 Å². The van der Waals surface area contributed by atoms with E-state index in [4.69, 9.17) is 14.2 Å². The molecule has 2 aliphatic carbocycles. The molecule has 0 atom stereocenters. The first kappa shape index (κ1) is 26.4. The fourth-order valence-electron chi connectivity index (χ4n) is 5.40. The predicted octanol–water partition coefficient (Wildman–Crippen LogP) is 5.61. The van der Waals surface area contributed by atoms with Crippen LogP contribution in [0.4, 0.5) is 5.69 Å². The van der Waals surface area contributed by atoms with E-state index in [1.807, 2.05) is 11.0 Å². The van der Waals surface area contributed by atoms with Crippen LogP contribution >= 0.6 is 11.3 Å². The van der Waals surface area contributed by atoms with Gasteiger partial charge in [0.15, 0.2) is 5.79 Å². The van der Waals surface area contributed by atoms with Gasteiger partial charge < -0.3 is 19.1 Å². The highest BCUT2D eigenvalue weighted by atomic mass is 32.1. The Labute approximate surface area is 214 Å². The Bertz CT molecular complexity index is 979. The molecule has 1 aromatic heterocycles. The normalized spacial score (nSPS) is 24.6. The van der Waals surface area contributed by atoms with Crippen LogP contribution in [0.25, 0.3) is 0 Å². The standard InChI is InChI=1S/C27H39NO5SSi/c1-19-6-8-20(9-7-19)25(29)28(21-10-13-27(14-11-21)32-15-16-33-27)23-18-22(12-17-35(3,4)5)34-24(23)26(30)31-2/h18-21H,6-11,13-16H2,1-5H3/t19-,20-. The maximum absolute atomic E-state index is 14.1. The zero-order valence-electron chi connectivity index (χ0n) is 21.8. The highest BCUT2D eigenvalue weighted by Gasteiger charge is 2.44. The SMILES string of the molecule is COC(=O)c1sc(C#C[Si](C)(C)C)cc1N(C(=O)[C@H]1CC[C@H](C)CC1)C1CCC2(CC1)OCCO2. The van der Waals surface area contributed by atoms with Crippen molar-refractivity contribution in [2.45, 2.75) is 89.8 Å². The summed E-state index contributed by atoms with van der Waals surface area (Å²) in [6.07, 6.45) is 7.01. The Kier molecular flexibility index (Phi) is 8.11. The van der Waals surface area contributed by atoms with Crippen LogP contribution in [0.1, 0.15) is 72.8 Å². The van der Waals surface area contributed by atoms with Gasteiger partial charge in [0.25, 0.3) is 0 Å². The van der Waals surface area contributed by atoms with Crippen molar-refractivity contribution in [1.82, 2.24) is 0 Å². The van der Waals surface area contributed by atoms with Crippen LogP contribution in [-0.4, -0.2) is 52.1 Å². The number of anilines is 1. The van der Waals surface area contributed by atoms with Gasteiger partial charge in [0.05, 0.1) is 30.9 Å². The number of hydrogen-bond acceptors (Lipinski definition) is 6. The predicted molar refractivity (Wildman–Crippen MR) is 141 cm³/mol. The molecule has 0 bridgehead atoms. The first-order valence-corrected chi connectivity index (χ1v) is 17.3. The number of nitrogens with zero attached hydrogens (tertiary/aromatic N) is 1. The largest absolute Gasteiger partial charge is 0.465 e. The Morgan fingerprint density at radius 3 is 2.29 bits per heavy atom. The molecule has 6 nitrogen and oxygen atoms in total. The van der Waals surface area contributed by atoms with Crippen molar-refractivity contribution in [3.05, 3.63) is 15.8 Å². The molecule has 0 N–H and O–H groups in total. The second kappa shape index (κ2) is 10.8. The summed E-state index contributed by atoms with van der Waals surface area (Å²) >= 11 is 1.34.